The maximum atomic E-state index is 6.37. The van der Waals surface area contributed by atoms with E-state index in [1.165, 1.54) is 17.0 Å². The molecule has 2 rings (SSSR count). The summed E-state index contributed by atoms with van der Waals surface area (Å²) in [5.41, 5.74) is 10.8. The number of fused-ring (bicyclic) bond motifs is 1. The third-order valence-electron chi connectivity index (χ3n) is 4.37. The largest absolute Gasteiger partial charge is 0.385 e. The molecule has 1 aliphatic rings. The molecule has 19 heavy (non-hydrogen) atoms. The lowest BCUT2D eigenvalue weighted by Gasteiger charge is -2.35. The average Bonchev–Trinajstić information content (AvgIpc) is 2.61. The second-order valence-corrected chi connectivity index (χ2v) is 6.84. The van der Waals surface area contributed by atoms with Crippen LogP contribution in [-0.2, 0) is 11.2 Å². The molecule has 0 aromatic carbocycles. The lowest BCUT2D eigenvalue weighted by molar-refractivity contribution is 0.179. The minimum atomic E-state index is 0.188. The second kappa shape index (κ2) is 5.29. The quantitative estimate of drug-likeness (QED) is 0.905. The van der Waals surface area contributed by atoms with E-state index in [9.17, 15) is 0 Å². The summed E-state index contributed by atoms with van der Waals surface area (Å²) in [5, 5.41) is 0. The highest BCUT2D eigenvalue weighted by Gasteiger charge is 2.33. The fourth-order valence-corrected chi connectivity index (χ4v) is 3.50. The van der Waals surface area contributed by atoms with E-state index in [4.69, 9.17) is 10.5 Å². The van der Waals surface area contributed by atoms with E-state index in [0.717, 1.165) is 25.9 Å². The van der Waals surface area contributed by atoms with Crippen LogP contribution in [0, 0.1) is 12.3 Å². The van der Waals surface area contributed by atoms with Gasteiger partial charge in [0.2, 0.25) is 0 Å². The summed E-state index contributed by atoms with van der Waals surface area (Å²) in [7, 11) is 1.77. The Labute approximate surface area is 117 Å². The number of hydrogen-bond acceptors (Lipinski definition) is 2. The highest BCUT2D eigenvalue weighted by Crippen LogP contribution is 2.42. The van der Waals surface area contributed by atoms with Gasteiger partial charge in [-0.25, -0.2) is 0 Å². The van der Waals surface area contributed by atoms with E-state index in [1.54, 1.807) is 7.11 Å². The molecule has 0 amide bonds. The molecule has 0 radical (unpaired) electrons. The SMILES string of the molecule is COCCC(C)n1c(C)cc2c1CC(C)(C)CC2N. The van der Waals surface area contributed by atoms with Gasteiger partial charge in [0.25, 0.3) is 0 Å². The number of methoxy groups -OCH3 is 1. The number of hydrogen-bond donors (Lipinski definition) is 1. The van der Waals surface area contributed by atoms with Gasteiger partial charge in [-0.15, -0.1) is 0 Å². The van der Waals surface area contributed by atoms with Gasteiger partial charge in [0, 0.05) is 37.2 Å². The Bertz CT molecular complexity index is 448. The lowest BCUT2D eigenvalue weighted by atomic mass is 9.74. The van der Waals surface area contributed by atoms with Crippen LogP contribution in [0.3, 0.4) is 0 Å². The molecule has 2 unspecified atom stereocenters. The van der Waals surface area contributed by atoms with Crippen LogP contribution in [-0.4, -0.2) is 18.3 Å². The lowest BCUT2D eigenvalue weighted by Crippen LogP contribution is -2.31. The number of aryl methyl sites for hydroxylation is 1. The molecule has 1 heterocycles. The summed E-state index contributed by atoms with van der Waals surface area (Å²) < 4.78 is 7.70. The van der Waals surface area contributed by atoms with Crippen LogP contribution in [0.25, 0.3) is 0 Å². The standard InChI is InChI=1S/C16H28N2O/c1-11(6-7-19-5)18-12(2)8-13-14(17)9-16(3,4)10-15(13)18/h8,11,14H,6-7,9-10,17H2,1-5H3. The topological polar surface area (TPSA) is 40.2 Å². The van der Waals surface area contributed by atoms with Gasteiger partial charge in [-0.05, 0) is 50.2 Å². The van der Waals surface area contributed by atoms with Crippen LogP contribution in [0.2, 0.25) is 0 Å². The van der Waals surface area contributed by atoms with Crippen LogP contribution in [0.5, 0.6) is 0 Å². The van der Waals surface area contributed by atoms with Crippen LogP contribution >= 0.6 is 0 Å². The van der Waals surface area contributed by atoms with Gasteiger partial charge in [-0.3, -0.25) is 0 Å². The molecular formula is C16H28N2O. The summed E-state index contributed by atoms with van der Waals surface area (Å²) in [6.45, 7) is 9.92. The van der Waals surface area contributed by atoms with Gasteiger partial charge in [-0.2, -0.15) is 0 Å². The van der Waals surface area contributed by atoms with E-state index in [-0.39, 0.29) is 6.04 Å². The number of rotatable bonds is 4. The first-order valence-corrected chi connectivity index (χ1v) is 7.31. The molecule has 0 saturated carbocycles. The van der Waals surface area contributed by atoms with Crippen molar-refractivity contribution in [3.05, 3.63) is 23.0 Å². The van der Waals surface area contributed by atoms with Crippen molar-refractivity contribution in [1.82, 2.24) is 4.57 Å². The molecule has 0 bridgehead atoms. The van der Waals surface area contributed by atoms with Crippen molar-refractivity contribution in [2.24, 2.45) is 11.1 Å². The van der Waals surface area contributed by atoms with E-state index in [0.29, 0.717) is 11.5 Å². The summed E-state index contributed by atoms with van der Waals surface area (Å²) >= 11 is 0. The number of aromatic nitrogens is 1. The van der Waals surface area contributed by atoms with Crippen molar-refractivity contribution in [1.29, 1.82) is 0 Å². The Morgan fingerprint density at radius 1 is 1.53 bits per heavy atom. The third kappa shape index (κ3) is 2.87. The van der Waals surface area contributed by atoms with Crippen molar-refractivity contribution < 1.29 is 4.74 Å². The molecule has 1 aromatic heterocycles. The molecule has 1 aliphatic carbocycles. The normalized spacial score (nSPS) is 23.2. The zero-order valence-corrected chi connectivity index (χ0v) is 13.0. The molecule has 0 aliphatic heterocycles. The molecule has 0 fully saturated rings. The first-order valence-electron chi connectivity index (χ1n) is 7.31. The summed E-state index contributed by atoms with van der Waals surface area (Å²) in [6.07, 6.45) is 3.26. The van der Waals surface area contributed by atoms with Crippen molar-refractivity contribution in [2.75, 3.05) is 13.7 Å². The first-order chi connectivity index (χ1) is 8.85. The zero-order valence-electron chi connectivity index (χ0n) is 13.0. The van der Waals surface area contributed by atoms with Gasteiger partial charge in [0.15, 0.2) is 0 Å². The number of nitrogens with two attached hydrogens (primary N) is 1. The smallest absolute Gasteiger partial charge is 0.0481 e. The van der Waals surface area contributed by atoms with Crippen molar-refractivity contribution in [3.8, 4) is 0 Å². The molecule has 1 aromatic rings. The highest BCUT2D eigenvalue weighted by atomic mass is 16.5. The Kier molecular flexibility index (Phi) is 4.07. The van der Waals surface area contributed by atoms with Gasteiger partial charge in [0.05, 0.1) is 0 Å². The van der Waals surface area contributed by atoms with E-state index >= 15 is 0 Å². The molecule has 3 heteroatoms. The maximum Gasteiger partial charge on any atom is 0.0481 e. The Hall–Kier alpha value is -0.800. The fourth-order valence-electron chi connectivity index (χ4n) is 3.50. The monoisotopic (exact) mass is 264 g/mol. The minimum Gasteiger partial charge on any atom is -0.385 e. The van der Waals surface area contributed by atoms with Crippen LogP contribution < -0.4 is 5.73 Å². The van der Waals surface area contributed by atoms with Crippen molar-refractivity contribution in [2.45, 2.75) is 59.0 Å². The van der Waals surface area contributed by atoms with Crippen molar-refractivity contribution >= 4 is 0 Å². The third-order valence-corrected chi connectivity index (χ3v) is 4.37. The fraction of sp³-hybridized carbons (Fsp3) is 0.750. The molecule has 3 nitrogen and oxygen atoms in total. The minimum absolute atomic E-state index is 0.188. The molecule has 108 valence electrons. The van der Waals surface area contributed by atoms with Crippen LogP contribution in [0.4, 0.5) is 0 Å². The maximum absolute atomic E-state index is 6.37. The van der Waals surface area contributed by atoms with Crippen LogP contribution in [0.15, 0.2) is 6.07 Å². The summed E-state index contributed by atoms with van der Waals surface area (Å²) in [4.78, 5) is 0. The Balaban J connectivity index is 2.35. The van der Waals surface area contributed by atoms with Gasteiger partial charge in [-0.1, -0.05) is 13.8 Å². The first kappa shape index (κ1) is 14.6. The number of nitrogens with zero attached hydrogens (tertiary/aromatic N) is 1. The van der Waals surface area contributed by atoms with Gasteiger partial charge in [0.1, 0.15) is 0 Å². The predicted molar refractivity (Wildman–Crippen MR) is 79.4 cm³/mol. The predicted octanol–water partition coefficient (Wildman–Crippen LogP) is 3.37. The second-order valence-electron chi connectivity index (χ2n) is 6.84. The van der Waals surface area contributed by atoms with Crippen LogP contribution in [0.1, 0.15) is 62.6 Å². The summed E-state index contributed by atoms with van der Waals surface area (Å²) in [6, 6.07) is 2.96. The van der Waals surface area contributed by atoms with E-state index < -0.39 is 0 Å². The Morgan fingerprint density at radius 2 is 2.21 bits per heavy atom. The zero-order chi connectivity index (χ0) is 14.2. The van der Waals surface area contributed by atoms with Crippen molar-refractivity contribution in [3.63, 3.8) is 0 Å². The molecule has 2 N–H and O–H groups in total. The molecule has 0 spiro atoms. The van der Waals surface area contributed by atoms with E-state index in [1.807, 2.05) is 0 Å². The van der Waals surface area contributed by atoms with Gasteiger partial charge >= 0.3 is 0 Å². The van der Waals surface area contributed by atoms with E-state index in [2.05, 4.69) is 38.3 Å². The highest BCUT2D eigenvalue weighted by molar-refractivity contribution is 5.34. The average molecular weight is 264 g/mol. The number of ether oxygens (including phenoxy) is 1. The summed E-state index contributed by atoms with van der Waals surface area (Å²) in [5.74, 6) is 0. The molecule has 0 saturated heterocycles. The molecular weight excluding hydrogens is 236 g/mol. The van der Waals surface area contributed by atoms with Gasteiger partial charge < -0.3 is 15.0 Å². The Morgan fingerprint density at radius 3 is 2.84 bits per heavy atom. The molecule has 2 atom stereocenters.